The molecule has 0 aliphatic carbocycles. The summed E-state index contributed by atoms with van der Waals surface area (Å²) in [6.07, 6.45) is 1.88. The average molecular weight is 191 g/mol. The highest BCUT2D eigenvalue weighted by Gasteiger charge is 2.11. The molecule has 1 aliphatic heterocycles. The number of aliphatic hydroxyl groups excluding tert-OH is 1. The van der Waals surface area contributed by atoms with Crippen LogP contribution in [0, 0.1) is 0 Å². The van der Waals surface area contributed by atoms with Crippen LogP contribution >= 0.6 is 0 Å². The minimum Gasteiger partial charge on any atom is -0.396 e. The minimum absolute atomic E-state index is 0.263. The maximum atomic E-state index is 11.1. The Labute approximate surface area is 76.2 Å². The summed E-state index contributed by atoms with van der Waals surface area (Å²) in [7, 11) is -0.588. The van der Waals surface area contributed by atoms with Gasteiger partial charge in [-0.25, -0.2) is 0 Å². The Morgan fingerprint density at radius 2 is 2.17 bits per heavy atom. The molecule has 0 spiro atoms. The molecule has 3 nitrogen and oxygen atoms in total. The molecule has 4 heteroatoms. The van der Waals surface area contributed by atoms with Gasteiger partial charge in [0.1, 0.15) is 0 Å². The van der Waals surface area contributed by atoms with Gasteiger partial charge in [0, 0.05) is 42.0 Å². The zero-order valence-corrected chi connectivity index (χ0v) is 8.18. The molecule has 12 heavy (non-hydrogen) atoms. The van der Waals surface area contributed by atoms with Crippen molar-refractivity contribution in [3.8, 4) is 0 Å². The molecule has 1 heterocycles. The lowest BCUT2D eigenvalue weighted by Gasteiger charge is -2.17. The van der Waals surface area contributed by atoms with Crippen molar-refractivity contribution < 1.29 is 9.32 Å². The van der Waals surface area contributed by atoms with E-state index in [0.717, 1.165) is 44.0 Å². The molecule has 0 amide bonds. The van der Waals surface area contributed by atoms with Gasteiger partial charge in [0.05, 0.1) is 0 Å². The molecule has 72 valence electrons. The van der Waals surface area contributed by atoms with Crippen LogP contribution in [-0.2, 0) is 10.8 Å². The van der Waals surface area contributed by atoms with E-state index in [2.05, 4.69) is 4.90 Å². The van der Waals surface area contributed by atoms with Gasteiger partial charge < -0.3 is 10.0 Å². The van der Waals surface area contributed by atoms with Gasteiger partial charge in [-0.15, -0.1) is 0 Å². The summed E-state index contributed by atoms with van der Waals surface area (Å²) in [5.74, 6) is 1.67. The normalized spacial score (nSPS) is 26.9. The van der Waals surface area contributed by atoms with Crippen LogP contribution in [0.5, 0.6) is 0 Å². The van der Waals surface area contributed by atoms with Crippen LogP contribution in [0.1, 0.15) is 12.8 Å². The minimum atomic E-state index is -0.588. The number of hydrogen-bond donors (Lipinski definition) is 1. The highest BCUT2D eigenvalue weighted by atomic mass is 32.2. The lowest BCUT2D eigenvalue weighted by molar-refractivity contribution is 0.233. The zero-order chi connectivity index (χ0) is 8.81. The van der Waals surface area contributed by atoms with Gasteiger partial charge in [-0.2, -0.15) is 0 Å². The van der Waals surface area contributed by atoms with E-state index in [1.165, 1.54) is 0 Å². The first kappa shape index (κ1) is 10.2. The fourth-order valence-electron chi connectivity index (χ4n) is 1.41. The second-order valence-electron chi connectivity index (χ2n) is 3.12. The Bertz CT molecular complexity index is 152. The smallest absolute Gasteiger partial charge is 0.0443 e. The van der Waals surface area contributed by atoms with Crippen LogP contribution in [0.15, 0.2) is 0 Å². The van der Waals surface area contributed by atoms with Crippen LogP contribution in [0.2, 0.25) is 0 Å². The Kier molecular flexibility index (Phi) is 4.80. The van der Waals surface area contributed by atoms with Crippen molar-refractivity contribution in [1.29, 1.82) is 0 Å². The molecule has 0 aromatic rings. The predicted molar refractivity (Wildman–Crippen MR) is 50.6 cm³/mol. The van der Waals surface area contributed by atoms with Gasteiger partial charge in [-0.1, -0.05) is 0 Å². The van der Waals surface area contributed by atoms with Crippen molar-refractivity contribution in [2.75, 3.05) is 37.7 Å². The third-order valence-electron chi connectivity index (χ3n) is 2.11. The van der Waals surface area contributed by atoms with Crippen molar-refractivity contribution in [2.24, 2.45) is 0 Å². The molecule has 0 bridgehead atoms. The number of nitrogens with zero attached hydrogens (tertiary/aromatic N) is 1. The second-order valence-corrected chi connectivity index (χ2v) is 4.82. The summed E-state index contributed by atoms with van der Waals surface area (Å²) in [4.78, 5) is 2.29. The molecule has 0 saturated carbocycles. The number of hydrogen-bond acceptors (Lipinski definition) is 3. The monoisotopic (exact) mass is 191 g/mol. The first-order chi connectivity index (χ1) is 5.83. The molecule has 0 radical (unpaired) electrons. The topological polar surface area (TPSA) is 40.5 Å². The Hall–Kier alpha value is 0.0700. The van der Waals surface area contributed by atoms with Crippen LogP contribution in [0.3, 0.4) is 0 Å². The maximum Gasteiger partial charge on any atom is 0.0443 e. The van der Waals surface area contributed by atoms with Crippen LogP contribution in [0.25, 0.3) is 0 Å². The molecular formula is C8H17NO2S. The summed E-state index contributed by atoms with van der Waals surface area (Å²) in [5, 5.41) is 8.63. The molecule has 1 aliphatic rings. The largest absolute Gasteiger partial charge is 0.396 e. The highest BCUT2D eigenvalue weighted by molar-refractivity contribution is 7.85. The quantitative estimate of drug-likeness (QED) is 0.673. The lowest BCUT2D eigenvalue weighted by atomic mass is 10.3. The average Bonchev–Trinajstić information content (AvgIpc) is 2.27. The summed E-state index contributed by atoms with van der Waals surface area (Å²) in [5.41, 5.74) is 0. The van der Waals surface area contributed by atoms with E-state index in [-0.39, 0.29) is 6.61 Å². The van der Waals surface area contributed by atoms with Crippen LogP contribution in [-0.4, -0.2) is 52.0 Å². The Morgan fingerprint density at radius 3 is 2.92 bits per heavy atom. The van der Waals surface area contributed by atoms with Crippen molar-refractivity contribution in [3.63, 3.8) is 0 Å². The van der Waals surface area contributed by atoms with Gasteiger partial charge >= 0.3 is 0 Å². The number of rotatable bonds is 3. The molecule has 0 aromatic carbocycles. The Morgan fingerprint density at radius 1 is 1.33 bits per heavy atom. The van der Waals surface area contributed by atoms with Crippen LogP contribution in [0.4, 0.5) is 0 Å². The van der Waals surface area contributed by atoms with Crippen molar-refractivity contribution >= 4 is 10.8 Å². The van der Waals surface area contributed by atoms with E-state index >= 15 is 0 Å². The second kappa shape index (κ2) is 5.67. The maximum absolute atomic E-state index is 11.1. The van der Waals surface area contributed by atoms with E-state index < -0.39 is 10.8 Å². The van der Waals surface area contributed by atoms with Gasteiger partial charge in [-0.05, 0) is 19.4 Å². The van der Waals surface area contributed by atoms with Gasteiger partial charge in [0.25, 0.3) is 0 Å². The van der Waals surface area contributed by atoms with Crippen LogP contribution < -0.4 is 0 Å². The van der Waals surface area contributed by atoms with Gasteiger partial charge in [0.2, 0.25) is 0 Å². The molecule has 1 N–H and O–H groups in total. The SMILES string of the molecule is O=S1CCCN(CCCO)CC1. The van der Waals surface area contributed by atoms with E-state index in [1.807, 2.05) is 0 Å². The van der Waals surface area contributed by atoms with E-state index in [0.29, 0.717) is 0 Å². The fourth-order valence-corrected chi connectivity index (χ4v) is 2.53. The molecule has 0 aromatic heterocycles. The predicted octanol–water partition coefficient (Wildman–Crippen LogP) is -0.177. The third kappa shape index (κ3) is 3.65. The van der Waals surface area contributed by atoms with E-state index in [9.17, 15) is 4.21 Å². The fraction of sp³-hybridized carbons (Fsp3) is 1.00. The summed E-state index contributed by atoms with van der Waals surface area (Å²) in [6.45, 7) is 3.20. The zero-order valence-electron chi connectivity index (χ0n) is 7.37. The van der Waals surface area contributed by atoms with Gasteiger partial charge in [-0.3, -0.25) is 4.21 Å². The Balaban J connectivity index is 2.21. The standard InChI is InChI=1S/C8H17NO2S/c10-6-1-3-9-4-2-7-12(11)8-5-9/h10H,1-8H2. The summed E-state index contributed by atoms with van der Waals surface area (Å²) in [6, 6.07) is 0. The van der Waals surface area contributed by atoms with Crippen molar-refractivity contribution in [1.82, 2.24) is 4.90 Å². The van der Waals surface area contributed by atoms with Crippen molar-refractivity contribution in [3.05, 3.63) is 0 Å². The first-order valence-corrected chi connectivity index (χ1v) is 6.00. The third-order valence-corrected chi connectivity index (χ3v) is 3.50. The van der Waals surface area contributed by atoms with Gasteiger partial charge in [0.15, 0.2) is 0 Å². The molecule has 1 atom stereocenters. The molecule has 1 fully saturated rings. The highest BCUT2D eigenvalue weighted by Crippen LogP contribution is 2.01. The molecular weight excluding hydrogens is 174 g/mol. The summed E-state index contributed by atoms with van der Waals surface area (Å²) < 4.78 is 11.1. The van der Waals surface area contributed by atoms with Crippen molar-refractivity contribution in [2.45, 2.75) is 12.8 Å². The van der Waals surface area contributed by atoms with E-state index in [4.69, 9.17) is 5.11 Å². The first-order valence-electron chi connectivity index (χ1n) is 4.51. The molecule has 1 rings (SSSR count). The number of aliphatic hydroxyl groups is 1. The van der Waals surface area contributed by atoms with E-state index in [1.54, 1.807) is 0 Å². The molecule has 1 saturated heterocycles. The summed E-state index contributed by atoms with van der Waals surface area (Å²) >= 11 is 0. The lowest BCUT2D eigenvalue weighted by Crippen LogP contribution is -2.28. The molecule has 1 unspecified atom stereocenters.